The van der Waals surface area contributed by atoms with Crippen molar-refractivity contribution in [2.75, 3.05) is 14.1 Å². The quantitative estimate of drug-likeness (QED) is 0.643. The van der Waals surface area contributed by atoms with Gasteiger partial charge in [-0.05, 0) is 24.3 Å². The summed E-state index contributed by atoms with van der Waals surface area (Å²) < 4.78 is 67.8. The normalized spacial score (nSPS) is 11.8. The SMILES string of the molecule is CN(C)C(=O)Cc1c(-c2ccc(F)cc2F)nc2ccc(C(F)(F)F)cn12. The monoisotopic (exact) mass is 383 g/mol. The fourth-order valence-corrected chi connectivity index (χ4v) is 2.63. The Balaban J connectivity index is 2.27. The molecular weight excluding hydrogens is 369 g/mol. The minimum Gasteiger partial charge on any atom is -0.348 e. The molecule has 142 valence electrons. The molecule has 4 nitrogen and oxygen atoms in total. The molecule has 0 aliphatic rings. The van der Waals surface area contributed by atoms with Gasteiger partial charge in [0.2, 0.25) is 5.91 Å². The van der Waals surface area contributed by atoms with Crippen LogP contribution in [0.25, 0.3) is 16.9 Å². The van der Waals surface area contributed by atoms with Gasteiger partial charge in [-0.3, -0.25) is 4.79 Å². The molecule has 0 unspecified atom stereocenters. The molecule has 27 heavy (non-hydrogen) atoms. The van der Waals surface area contributed by atoms with E-state index in [0.29, 0.717) is 6.07 Å². The van der Waals surface area contributed by atoms with E-state index in [1.54, 1.807) is 0 Å². The molecule has 0 aliphatic heterocycles. The van der Waals surface area contributed by atoms with E-state index in [9.17, 15) is 26.7 Å². The van der Waals surface area contributed by atoms with Crippen LogP contribution >= 0.6 is 0 Å². The number of hydrogen-bond donors (Lipinski definition) is 0. The van der Waals surface area contributed by atoms with Crippen LogP contribution in [0.4, 0.5) is 22.0 Å². The van der Waals surface area contributed by atoms with Gasteiger partial charge in [0.05, 0.1) is 23.4 Å². The third-order valence-corrected chi connectivity index (χ3v) is 4.05. The Labute approximate surface area is 150 Å². The smallest absolute Gasteiger partial charge is 0.348 e. The maximum atomic E-state index is 14.2. The van der Waals surface area contributed by atoms with Gasteiger partial charge < -0.3 is 9.30 Å². The van der Waals surface area contributed by atoms with Crippen molar-refractivity contribution in [3.63, 3.8) is 0 Å². The summed E-state index contributed by atoms with van der Waals surface area (Å²) in [5, 5.41) is 0. The van der Waals surface area contributed by atoms with E-state index < -0.39 is 29.3 Å². The summed E-state index contributed by atoms with van der Waals surface area (Å²) in [6.45, 7) is 0. The molecular formula is C18H14F5N3O. The van der Waals surface area contributed by atoms with Crippen molar-refractivity contribution >= 4 is 11.6 Å². The second-order valence-corrected chi connectivity index (χ2v) is 6.14. The number of likely N-dealkylation sites (N-methyl/N-ethyl adjacent to an activating group) is 1. The Morgan fingerprint density at radius 1 is 1.15 bits per heavy atom. The second-order valence-electron chi connectivity index (χ2n) is 6.14. The second kappa shape index (κ2) is 6.64. The molecule has 0 spiro atoms. The molecule has 2 aromatic heterocycles. The first-order valence-corrected chi connectivity index (χ1v) is 7.81. The van der Waals surface area contributed by atoms with E-state index in [1.807, 2.05) is 0 Å². The van der Waals surface area contributed by atoms with E-state index in [4.69, 9.17) is 0 Å². The van der Waals surface area contributed by atoms with Crippen LogP contribution in [0, 0.1) is 11.6 Å². The molecule has 0 bridgehead atoms. The molecule has 0 fully saturated rings. The highest BCUT2D eigenvalue weighted by atomic mass is 19.4. The fraction of sp³-hybridized carbons (Fsp3) is 0.222. The third kappa shape index (κ3) is 3.62. The molecule has 3 rings (SSSR count). The zero-order valence-electron chi connectivity index (χ0n) is 14.3. The lowest BCUT2D eigenvalue weighted by Crippen LogP contribution is -2.24. The number of carbonyl (C=O) groups excluding carboxylic acids is 1. The van der Waals surface area contributed by atoms with Crippen LogP contribution in [0.5, 0.6) is 0 Å². The van der Waals surface area contributed by atoms with Gasteiger partial charge in [-0.2, -0.15) is 13.2 Å². The maximum absolute atomic E-state index is 14.2. The lowest BCUT2D eigenvalue weighted by Gasteiger charge is -2.12. The number of alkyl halides is 3. The van der Waals surface area contributed by atoms with Gasteiger partial charge in [0.25, 0.3) is 0 Å². The Kier molecular flexibility index (Phi) is 4.63. The van der Waals surface area contributed by atoms with Crippen LogP contribution in [-0.4, -0.2) is 34.3 Å². The number of halogens is 5. The maximum Gasteiger partial charge on any atom is 0.417 e. The van der Waals surface area contributed by atoms with Crippen LogP contribution in [0.1, 0.15) is 11.3 Å². The number of rotatable bonds is 3. The molecule has 3 aromatic rings. The van der Waals surface area contributed by atoms with Crippen molar-refractivity contribution in [2.24, 2.45) is 0 Å². The highest BCUT2D eigenvalue weighted by Gasteiger charge is 2.31. The first-order valence-electron chi connectivity index (χ1n) is 7.81. The van der Waals surface area contributed by atoms with E-state index in [1.165, 1.54) is 19.0 Å². The summed E-state index contributed by atoms with van der Waals surface area (Å²) >= 11 is 0. The van der Waals surface area contributed by atoms with Gasteiger partial charge in [0.15, 0.2) is 0 Å². The van der Waals surface area contributed by atoms with E-state index in [2.05, 4.69) is 4.98 Å². The summed E-state index contributed by atoms with van der Waals surface area (Å²) in [6.07, 6.45) is -4.09. The number of carbonyl (C=O) groups is 1. The summed E-state index contributed by atoms with van der Waals surface area (Å²) in [5.74, 6) is -2.13. The van der Waals surface area contributed by atoms with Crippen LogP contribution in [0.2, 0.25) is 0 Å². The summed E-state index contributed by atoms with van der Waals surface area (Å²) in [7, 11) is 2.98. The number of imidazole rings is 1. The molecule has 0 atom stereocenters. The predicted octanol–water partition coefficient (Wildman–Crippen LogP) is 3.93. The molecule has 1 amide bonds. The van der Waals surface area contributed by atoms with Gasteiger partial charge in [-0.1, -0.05) is 0 Å². The van der Waals surface area contributed by atoms with Crippen LogP contribution in [0.3, 0.4) is 0 Å². The van der Waals surface area contributed by atoms with Crippen molar-refractivity contribution in [3.05, 3.63) is 59.4 Å². The number of aromatic nitrogens is 2. The first-order chi connectivity index (χ1) is 12.6. The van der Waals surface area contributed by atoms with Crippen molar-refractivity contribution in [3.8, 4) is 11.3 Å². The summed E-state index contributed by atoms with van der Waals surface area (Å²) in [5.41, 5.74) is -0.849. The highest BCUT2D eigenvalue weighted by Crippen LogP contribution is 2.32. The molecule has 0 radical (unpaired) electrons. The minimum atomic E-state index is -4.59. The molecule has 2 heterocycles. The Bertz CT molecular complexity index is 1020. The number of hydrogen-bond acceptors (Lipinski definition) is 2. The number of nitrogens with zero attached hydrogens (tertiary/aromatic N) is 3. The van der Waals surface area contributed by atoms with E-state index in [0.717, 1.165) is 34.9 Å². The number of amides is 1. The standard InChI is InChI=1S/C18H14F5N3O/c1-25(2)16(27)8-14-17(12-5-4-11(19)7-13(12)20)24-15-6-3-10(9-26(14)15)18(21,22)23/h3-7,9H,8H2,1-2H3. The first kappa shape index (κ1) is 18.8. The predicted molar refractivity (Wildman–Crippen MR) is 87.9 cm³/mol. The van der Waals surface area contributed by atoms with Gasteiger partial charge in [-0.15, -0.1) is 0 Å². The summed E-state index contributed by atoms with van der Waals surface area (Å²) in [4.78, 5) is 17.6. The molecule has 0 saturated carbocycles. The zero-order chi connectivity index (χ0) is 19.9. The molecule has 0 aliphatic carbocycles. The lowest BCUT2D eigenvalue weighted by atomic mass is 10.1. The molecule has 9 heteroatoms. The van der Waals surface area contributed by atoms with Crippen molar-refractivity contribution < 1.29 is 26.7 Å². The Hall–Kier alpha value is -2.97. The minimum absolute atomic E-state index is 0.0120. The largest absolute Gasteiger partial charge is 0.417 e. The van der Waals surface area contributed by atoms with Gasteiger partial charge >= 0.3 is 6.18 Å². The average molecular weight is 383 g/mol. The van der Waals surface area contributed by atoms with Crippen molar-refractivity contribution in [2.45, 2.75) is 12.6 Å². The van der Waals surface area contributed by atoms with Crippen molar-refractivity contribution in [1.29, 1.82) is 0 Å². The Morgan fingerprint density at radius 2 is 1.85 bits per heavy atom. The zero-order valence-corrected chi connectivity index (χ0v) is 14.3. The molecule has 1 aromatic carbocycles. The van der Waals surface area contributed by atoms with Gasteiger partial charge in [-0.25, -0.2) is 13.8 Å². The van der Waals surface area contributed by atoms with Gasteiger partial charge in [0, 0.05) is 31.9 Å². The van der Waals surface area contributed by atoms with Crippen LogP contribution < -0.4 is 0 Å². The van der Waals surface area contributed by atoms with Crippen LogP contribution in [-0.2, 0) is 17.4 Å². The van der Waals surface area contributed by atoms with E-state index in [-0.39, 0.29) is 29.0 Å². The topological polar surface area (TPSA) is 37.6 Å². The third-order valence-electron chi connectivity index (χ3n) is 4.05. The van der Waals surface area contributed by atoms with Crippen molar-refractivity contribution in [1.82, 2.24) is 14.3 Å². The summed E-state index contributed by atoms with van der Waals surface area (Å²) in [6, 6.07) is 4.79. The number of benzene rings is 1. The van der Waals surface area contributed by atoms with Gasteiger partial charge in [0.1, 0.15) is 17.3 Å². The highest BCUT2D eigenvalue weighted by molar-refractivity contribution is 5.81. The molecule has 0 N–H and O–H groups in total. The Morgan fingerprint density at radius 3 is 2.44 bits per heavy atom. The lowest BCUT2D eigenvalue weighted by molar-refractivity contribution is -0.137. The number of pyridine rings is 1. The molecule has 0 saturated heterocycles. The van der Waals surface area contributed by atoms with E-state index >= 15 is 0 Å². The van der Waals surface area contributed by atoms with Crippen LogP contribution in [0.15, 0.2) is 36.5 Å². The average Bonchev–Trinajstić information content (AvgIpc) is 2.91. The number of fused-ring (bicyclic) bond motifs is 1. The fourth-order valence-electron chi connectivity index (χ4n) is 2.63.